The summed E-state index contributed by atoms with van der Waals surface area (Å²) in [6.45, 7) is 6.08. The third-order valence-corrected chi connectivity index (χ3v) is 4.62. The van der Waals surface area contributed by atoms with Crippen molar-refractivity contribution in [1.82, 2.24) is 14.0 Å². The van der Waals surface area contributed by atoms with Crippen LogP contribution in [-0.4, -0.2) is 27.2 Å². The fourth-order valence-electron chi connectivity index (χ4n) is 3.12. The fourth-order valence-corrected chi connectivity index (χ4v) is 3.12. The van der Waals surface area contributed by atoms with Crippen molar-refractivity contribution in [2.75, 3.05) is 13.2 Å². The number of halogens is 2. The van der Waals surface area contributed by atoms with Crippen LogP contribution < -0.4 is 5.56 Å². The number of hydrogen-bond donors (Lipinski definition) is 0. The van der Waals surface area contributed by atoms with Gasteiger partial charge < -0.3 is 9.30 Å². The van der Waals surface area contributed by atoms with E-state index in [-0.39, 0.29) is 42.3 Å². The van der Waals surface area contributed by atoms with Crippen LogP contribution in [0.25, 0.3) is 5.52 Å². The topological polar surface area (TPSA) is 48.5 Å². The number of nitrogens with zero attached hydrogens (tertiary/aromatic N) is 3. The van der Waals surface area contributed by atoms with Crippen LogP contribution >= 0.6 is 0 Å². The highest BCUT2D eigenvalue weighted by molar-refractivity contribution is 5.45. The largest absolute Gasteiger partial charge is 0.382 e. The summed E-state index contributed by atoms with van der Waals surface area (Å²) in [5.41, 5.74) is -0.422. The molecule has 3 rings (SSSR count). The van der Waals surface area contributed by atoms with E-state index in [1.165, 1.54) is 34.2 Å². The molecule has 3 aromatic rings. The molecule has 1 aromatic carbocycles. The van der Waals surface area contributed by atoms with Crippen LogP contribution in [-0.2, 0) is 17.0 Å². The van der Waals surface area contributed by atoms with E-state index in [0.717, 1.165) is 0 Å². The van der Waals surface area contributed by atoms with Crippen LogP contribution in [0.15, 0.2) is 41.5 Å². The molecule has 0 spiro atoms. The van der Waals surface area contributed by atoms with Gasteiger partial charge in [0.05, 0.1) is 19.3 Å². The average molecular weight is 375 g/mol. The lowest BCUT2D eigenvalue weighted by atomic mass is 10.0. The van der Waals surface area contributed by atoms with Crippen LogP contribution in [0.5, 0.6) is 0 Å². The first kappa shape index (κ1) is 19.2. The SMILES string of the molecule is CCOCCC(C)(F)c1ncc2c(=O)n(Cc3cccc(F)c3)c(C)cn12. The van der Waals surface area contributed by atoms with Gasteiger partial charge in [0.2, 0.25) is 0 Å². The average Bonchev–Trinajstić information content (AvgIpc) is 3.03. The Morgan fingerprint density at radius 3 is 2.81 bits per heavy atom. The molecule has 0 bridgehead atoms. The smallest absolute Gasteiger partial charge is 0.276 e. The Morgan fingerprint density at radius 2 is 2.11 bits per heavy atom. The molecule has 0 N–H and O–H groups in total. The highest BCUT2D eigenvalue weighted by Gasteiger charge is 2.31. The monoisotopic (exact) mass is 375 g/mol. The Labute approximate surface area is 156 Å². The minimum absolute atomic E-state index is 0.144. The lowest BCUT2D eigenvalue weighted by Gasteiger charge is -2.20. The number of imidazole rings is 1. The molecule has 27 heavy (non-hydrogen) atoms. The molecule has 2 aromatic heterocycles. The molecule has 7 heteroatoms. The van der Waals surface area contributed by atoms with Gasteiger partial charge in [-0.3, -0.25) is 9.20 Å². The summed E-state index contributed by atoms with van der Waals surface area (Å²) < 4.78 is 36.9. The first-order valence-electron chi connectivity index (χ1n) is 8.92. The Morgan fingerprint density at radius 1 is 1.33 bits per heavy atom. The van der Waals surface area contributed by atoms with Gasteiger partial charge in [0.15, 0.2) is 11.5 Å². The molecule has 1 atom stereocenters. The summed E-state index contributed by atoms with van der Waals surface area (Å²) in [6.07, 6.45) is 3.22. The first-order chi connectivity index (χ1) is 12.8. The molecule has 0 radical (unpaired) electrons. The van der Waals surface area contributed by atoms with E-state index in [4.69, 9.17) is 4.74 Å². The van der Waals surface area contributed by atoms with E-state index >= 15 is 4.39 Å². The molecule has 5 nitrogen and oxygen atoms in total. The molecular formula is C20H23F2N3O2. The van der Waals surface area contributed by atoms with E-state index in [1.807, 2.05) is 6.92 Å². The van der Waals surface area contributed by atoms with Gasteiger partial charge in [-0.1, -0.05) is 12.1 Å². The molecule has 0 aliphatic heterocycles. The number of fused-ring (bicyclic) bond motifs is 1. The van der Waals surface area contributed by atoms with E-state index < -0.39 is 5.67 Å². The standard InChI is InChI=1S/C20H23F2N3O2/c1-4-27-9-8-20(3,22)19-23-11-17-18(26)24(14(2)12-25(17)19)13-15-6-5-7-16(21)10-15/h5-7,10-12H,4,8-9,13H2,1-3H3. The summed E-state index contributed by atoms with van der Waals surface area (Å²) in [6, 6.07) is 6.11. The van der Waals surface area contributed by atoms with E-state index in [9.17, 15) is 9.18 Å². The van der Waals surface area contributed by atoms with Crippen molar-refractivity contribution >= 4 is 5.52 Å². The van der Waals surface area contributed by atoms with E-state index in [0.29, 0.717) is 17.9 Å². The Kier molecular flexibility index (Phi) is 5.41. The van der Waals surface area contributed by atoms with Gasteiger partial charge in [0.1, 0.15) is 11.3 Å². The van der Waals surface area contributed by atoms with Gasteiger partial charge in [-0.25, -0.2) is 13.8 Å². The maximum atomic E-state index is 15.2. The molecule has 0 saturated heterocycles. The number of ether oxygens (including phenoxy) is 1. The van der Waals surface area contributed by atoms with Crippen LogP contribution in [0.1, 0.15) is 37.4 Å². The van der Waals surface area contributed by atoms with Crippen molar-refractivity contribution in [3.05, 3.63) is 69.9 Å². The second-order valence-corrected chi connectivity index (χ2v) is 6.77. The summed E-state index contributed by atoms with van der Waals surface area (Å²) in [5.74, 6) is -0.177. The van der Waals surface area contributed by atoms with E-state index in [1.54, 1.807) is 25.3 Å². The third-order valence-electron chi connectivity index (χ3n) is 4.62. The van der Waals surface area contributed by atoms with Crippen molar-refractivity contribution < 1.29 is 13.5 Å². The summed E-state index contributed by atoms with van der Waals surface area (Å²) in [4.78, 5) is 17.1. The molecule has 0 aliphatic rings. The number of benzene rings is 1. The molecular weight excluding hydrogens is 352 g/mol. The lowest BCUT2D eigenvalue weighted by Crippen LogP contribution is -2.27. The highest BCUT2D eigenvalue weighted by Crippen LogP contribution is 2.28. The zero-order valence-corrected chi connectivity index (χ0v) is 15.7. The van der Waals surface area contributed by atoms with Crippen molar-refractivity contribution in [2.24, 2.45) is 0 Å². The number of rotatable bonds is 7. The van der Waals surface area contributed by atoms with E-state index in [2.05, 4.69) is 4.98 Å². The second kappa shape index (κ2) is 7.60. The molecule has 0 aliphatic carbocycles. The van der Waals surface area contributed by atoms with Crippen LogP contribution in [0, 0.1) is 12.7 Å². The van der Waals surface area contributed by atoms with Gasteiger partial charge in [0, 0.05) is 24.9 Å². The molecule has 0 amide bonds. The number of hydrogen-bond acceptors (Lipinski definition) is 3. The van der Waals surface area contributed by atoms with Gasteiger partial charge in [-0.2, -0.15) is 0 Å². The summed E-state index contributed by atoms with van der Waals surface area (Å²) in [7, 11) is 0. The summed E-state index contributed by atoms with van der Waals surface area (Å²) in [5, 5.41) is 0. The predicted octanol–water partition coefficient (Wildman–Crippen LogP) is 3.60. The first-order valence-corrected chi connectivity index (χ1v) is 8.92. The second-order valence-electron chi connectivity index (χ2n) is 6.77. The maximum absolute atomic E-state index is 15.2. The Hall–Kier alpha value is -2.54. The summed E-state index contributed by atoms with van der Waals surface area (Å²) >= 11 is 0. The lowest BCUT2D eigenvalue weighted by molar-refractivity contribution is 0.0774. The molecule has 144 valence electrons. The van der Waals surface area contributed by atoms with Gasteiger partial charge in [-0.05, 0) is 38.5 Å². The van der Waals surface area contributed by atoms with Crippen molar-refractivity contribution in [3.63, 3.8) is 0 Å². The fraction of sp³-hybridized carbons (Fsp3) is 0.400. The molecule has 1 unspecified atom stereocenters. The maximum Gasteiger partial charge on any atom is 0.276 e. The zero-order chi connectivity index (χ0) is 19.6. The Balaban J connectivity index is 2.00. The predicted molar refractivity (Wildman–Crippen MR) is 99.3 cm³/mol. The van der Waals surface area contributed by atoms with Crippen LogP contribution in [0.4, 0.5) is 8.78 Å². The molecule has 2 heterocycles. The van der Waals surface area contributed by atoms with Gasteiger partial charge in [-0.15, -0.1) is 0 Å². The van der Waals surface area contributed by atoms with Crippen LogP contribution in [0.3, 0.4) is 0 Å². The number of aryl methyl sites for hydroxylation is 1. The Bertz CT molecular complexity index is 1010. The van der Waals surface area contributed by atoms with Gasteiger partial charge >= 0.3 is 0 Å². The third kappa shape index (κ3) is 3.93. The molecule has 0 fully saturated rings. The van der Waals surface area contributed by atoms with Gasteiger partial charge in [0.25, 0.3) is 5.56 Å². The van der Waals surface area contributed by atoms with Crippen molar-refractivity contribution in [1.29, 1.82) is 0 Å². The number of aromatic nitrogens is 3. The zero-order valence-electron chi connectivity index (χ0n) is 15.7. The highest BCUT2D eigenvalue weighted by atomic mass is 19.1. The minimum atomic E-state index is -1.73. The number of alkyl halides is 1. The molecule has 0 saturated carbocycles. The normalized spacial score (nSPS) is 13.8. The van der Waals surface area contributed by atoms with Crippen molar-refractivity contribution in [3.8, 4) is 0 Å². The van der Waals surface area contributed by atoms with Crippen LogP contribution in [0.2, 0.25) is 0 Å². The quantitative estimate of drug-likeness (QED) is 0.593. The van der Waals surface area contributed by atoms with Crippen molar-refractivity contribution in [2.45, 2.75) is 39.4 Å². The minimum Gasteiger partial charge on any atom is -0.382 e.